The van der Waals surface area contributed by atoms with E-state index in [-0.39, 0.29) is 5.91 Å². The number of pyridine rings is 1. The van der Waals surface area contributed by atoms with Gasteiger partial charge in [-0.25, -0.2) is 9.97 Å². The molecule has 4 rings (SSSR count). The minimum absolute atomic E-state index is 0.375. The normalized spacial score (nSPS) is 11.0. The number of rotatable bonds is 6. The van der Waals surface area contributed by atoms with Gasteiger partial charge in [-0.3, -0.25) is 14.5 Å². The fraction of sp³-hybridized carbons (Fsp3) is 0.154. The van der Waals surface area contributed by atoms with Gasteiger partial charge in [-0.15, -0.1) is 0 Å². The zero-order chi connectivity index (χ0) is 24.8. The van der Waals surface area contributed by atoms with Crippen molar-refractivity contribution in [1.29, 1.82) is 0 Å². The number of nitrogens with two attached hydrogens (primary N) is 1. The fourth-order valence-corrected chi connectivity index (χ4v) is 3.45. The number of nitrogens with zero attached hydrogens (tertiary/aromatic N) is 4. The second-order valence-corrected chi connectivity index (χ2v) is 7.59. The summed E-state index contributed by atoms with van der Waals surface area (Å²) < 4.78 is 7.52. The molecule has 2 heterocycles. The number of nitrogens with one attached hydrogen (secondary N) is 2. The maximum Gasteiger partial charge on any atom is 0.300 e. The molecule has 1 amide bonds. The van der Waals surface area contributed by atoms with Crippen molar-refractivity contribution in [2.24, 2.45) is 4.99 Å². The van der Waals surface area contributed by atoms with Crippen LogP contribution in [0.4, 0.5) is 17.2 Å². The summed E-state index contributed by atoms with van der Waals surface area (Å²) in [5, 5.41) is 6.85. The van der Waals surface area contributed by atoms with Crippen LogP contribution in [0.5, 0.6) is 11.5 Å². The molecule has 2 aromatic heterocycles. The Labute approximate surface area is 202 Å². The third kappa shape index (κ3) is 5.57. The quantitative estimate of drug-likeness (QED) is 0.293. The average Bonchev–Trinajstić information content (AvgIpc) is 2.83. The molecule has 0 aliphatic heterocycles. The van der Waals surface area contributed by atoms with Gasteiger partial charge < -0.3 is 21.2 Å². The highest BCUT2D eigenvalue weighted by atomic mass is 16.5. The molecule has 0 saturated carbocycles. The van der Waals surface area contributed by atoms with Crippen LogP contribution in [0.2, 0.25) is 0 Å². The molecule has 9 heteroatoms. The van der Waals surface area contributed by atoms with Gasteiger partial charge in [0.1, 0.15) is 29.1 Å². The monoisotopic (exact) mass is 467 g/mol. The van der Waals surface area contributed by atoms with Crippen LogP contribution < -0.4 is 26.7 Å². The van der Waals surface area contributed by atoms with E-state index in [1.54, 1.807) is 31.3 Å². The lowest BCUT2D eigenvalue weighted by atomic mass is 10.1. The molecule has 0 unspecified atom stereocenters. The number of fused-ring (bicyclic) bond motifs is 1. The van der Waals surface area contributed by atoms with Gasteiger partial charge in [-0.2, -0.15) is 0 Å². The van der Waals surface area contributed by atoms with Crippen LogP contribution in [0.25, 0.3) is 10.9 Å². The number of nitrogen functional groups attached to an aromatic ring is 1. The average molecular weight is 468 g/mol. The summed E-state index contributed by atoms with van der Waals surface area (Å²) in [7, 11) is 0. The van der Waals surface area contributed by atoms with Crippen LogP contribution in [0.1, 0.15) is 19.4 Å². The molecule has 0 fully saturated rings. The molecular formula is C26H25N7O2. The van der Waals surface area contributed by atoms with Crippen molar-refractivity contribution in [2.75, 3.05) is 23.0 Å². The minimum Gasteiger partial charge on any atom is -0.457 e. The Morgan fingerprint density at radius 1 is 1.14 bits per heavy atom. The number of ether oxygens (including phenoxy) is 1. The molecule has 35 heavy (non-hydrogen) atoms. The molecule has 4 aromatic rings. The van der Waals surface area contributed by atoms with Crippen LogP contribution in [-0.2, 0) is 4.79 Å². The van der Waals surface area contributed by atoms with Crippen molar-refractivity contribution in [3.05, 3.63) is 72.1 Å². The Balaban J connectivity index is 1.58. The van der Waals surface area contributed by atoms with Gasteiger partial charge in [0.2, 0.25) is 0 Å². The lowest BCUT2D eigenvalue weighted by Crippen LogP contribution is -2.27. The van der Waals surface area contributed by atoms with Crippen molar-refractivity contribution in [1.82, 2.24) is 14.6 Å². The zero-order valence-corrected chi connectivity index (χ0v) is 19.7. The molecule has 2 aromatic carbocycles. The summed E-state index contributed by atoms with van der Waals surface area (Å²) in [6.45, 7) is 6.15. The topological polar surface area (TPSA) is 119 Å². The Morgan fingerprint density at radius 3 is 2.74 bits per heavy atom. The van der Waals surface area contributed by atoms with Crippen LogP contribution in [0, 0.1) is 18.8 Å². The maximum absolute atomic E-state index is 11.8. The molecule has 0 aliphatic rings. The highest BCUT2D eigenvalue weighted by Crippen LogP contribution is 2.30. The molecule has 0 aliphatic carbocycles. The molecule has 0 saturated heterocycles. The second-order valence-electron chi connectivity index (χ2n) is 7.59. The van der Waals surface area contributed by atoms with E-state index in [0.29, 0.717) is 35.0 Å². The smallest absolute Gasteiger partial charge is 0.300 e. The molecule has 0 radical (unpaired) electrons. The van der Waals surface area contributed by atoms with Crippen LogP contribution >= 0.6 is 0 Å². The maximum atomic E-state index is 11.8. The molecule has 0 atom stereocenters. The fourth-order valence-electron chi connectivity index (χ4n) is 3.45. The van der Waals surface area contributed by atoms with Gasteiger partial charge in [0.05, 0.1) is 5.52 Å². The SMILES string of the molecule is CC#CC(=O)Nc1ccc2ncnc(Nc3ccc(Oc4ccn(N)c(=NCC)c4)c(C)c3)c2c1. The van der Waals surface area contributed by atoms with Gasteiger partial charge in [-0.05, 0) is 74.7 Å². The van der Waals surface area contributed by atoms with E-state index in [1.807, 2.05) is 44.2 Å². The van der Waals surface area contributed by atoms with Crippen LogP contribution in [0.15, 0.2) is 66.0 Å². The number of amides is 1. The number of carbonyl (C=O) groups is 1. The van der Waals surface area contributed by atoms with Crippen molar-refractivity contribution in [3.63, 3.8) is 0 Å². The number of aryl methyl sites for hydroxylation is 1. The zero-order valence-electron chi connectivity index (χ0n) is 19.7. The highest BCUT2D eigenvalue weighted by Gasteiger charge is 2.09. The molecule has 4 N–H and O–H groups in total. The number of carbonyl (C=O) groups excluding carboxylic acids is 1. The number of anilines is 3. The summed E-state index contributed by atoms with van der Waals surface area (Å²) in [4.78, 5) is 24.9. The first-order valence-corrected chi connectivity index (χ1v) is 11.0. The first-order valence-electron chi connectivity index (χ1n) is 11.0. The van der Waals surface area contributed by atoms with E-state index < -0.39 is 0 Å². The van der Waals surface area contributed by atoms with Gasteiger partial charge in [0.15, 0.2) is 0 Å². The van der Waals surface area contributed by atoms with Crippen molar-refractivity contribution in [2.45, 2.75) is 20.8 Å². The summed E-state index contributed by atoms with van der Waals surface area (Å²) in [6, 6.07) is 14.8. The van der Waals surface area contributed by atoms with E-state index in [4.69, 9.17) is 10.6 Å². The Bertz CT molecular complexity index is 1530. The lowest BCUT2D eigenvalue weighted by Gasteiger charge is -2.13. The Morgan fingerprint density at radius 2 is 1.97 bits per heavy atom. The summed E-state index contributed by atoms with van der Waals surface area (Å²) in [5.74, 6) is 12.5. The number of benzene rings is 2. The molecule has 0 spiro atoms. The highest BCUT2D eigenvalue weighted by molar-refractivity contribution is 6.05. The molecule has 0 bridgehead atoms. The van der Waals surface area contributed by atoms with E-state index in [1.165, 1.54) is 11.0 Å². The van der Waals surface area contributed by atoms with Crippen molar-refractivity contribution in [3.8, 4) is 23.3 Å². The third-order valence-corrected chi connectivity index (χ3v) is 5.05. The van der Waals surface area contributed by atoms with Gasteiger partial charge >= 0.3 is 0 Å². The first-order chi connectivity index (χ1) is 17.0. The summed E-state index contributed by atoms with van der Waals surface area (Å²) in [5.41, 5.74) is 3.74. The molecule has 176 valence electrons. The second kappa shape index (κ2) is 10.4. The summed E-state index contributed by atoms with van der Waals surface area (Å²) >= 11 is 0. The van der Waals surface area contributed by atoms with E-state index >= 15 is 0 Å². The van der Waals surface area contributed by atoms with Gasteiger partial charge in [-0.1, -0.05) is 5.92 Å². The number of aromatic nitrogens is 3. The van der Waals surface area contributed by atoms with Crippen LogP contribution in [-0.4, -0.2) is 27.1 Å². The minimum atomic E-state index is -0.375. The largest absolute Gasteiger partial charge is 0.457 e. The van der Waals surface area contributed by atoms with Gasteiger partial charge in [0.25, 0.3) is 5.91 Å². The predicted octanol–water partition coefficient (Wildman–Crippen LogP) is 3.87. The van der Waals surface area contributed by atoms with Crippen LogP contribution in [0.3, 0.4) is 0 Å². The van der Waals surface area contributed by atoms with E-state index in [9.17, 15) is 4.79 Å². The van der Waals surface area contributed by atoms with E-state index in [0.717, 1.165) is 22.2 Å². The standard InChI is InChI=1S/C26H25N7O2/c1-4-6-25(34)31-19-7-9-22-21(14-19)26(30-16-29-22)32-18-8-10-23(17(3)13-18)35-20-11-12-33(27)24(15-20)28-5-2/h7-16H,5,27H2,1-3H3,(H,31,34)(H,29,30,32). The summed E-state index contributed by atoms with van der Waals surface area (Å²) in [6.07, 6.45) is 3.20. The number of hydrogen-bond acceptors (Lipinski definition) is 7. The Kier molecular flexibility index (Phi) is 6.93. The molecular weight excluding hydrogens is 442 g/mol. The van der Waals surface area contributed by atoms with Gasteiger partial charge in [0, 0.05) is 35.6 Å². The van der Waals surface area contributed by atoms with Crippen molar-refractivity contribution < 1.29 is 9.53 Å². The Hall–Kier alpha value is -4.84. The lowest BCUT2D eigenvalue weighted by molar-refractivity contribution is -0.111. The predicted molar refractivity (Wildman–Crippen MR) is 137 cm³/mol. The molecule has 9 nitrogen and oxygen atoms in total. The first kappa shape index (κ1) is 23.3. The third-order valence-electron chi connectivity index (χ3n) is 5.05. The van der Waals surface area contributed by atoms with Crippen molar-refractivity contribution >= 4 is 34.0 Å². The number of hydrogen-bond donors (Lipinski definition) is 3. The van der Waals surface area contributed by atoms with E-state index in [2.05, 4.69) is 37.4 Å².